The molecule has 22 heteroatoms. The molecule has 4 aliphatic rings. The van der Waals surface area contributed by atoms with Crippen LogP contribution in [-0.4, -0.2) is 119 Å². The maximum absolute atomic E-state index is 6.54. The van der Waals surface area contributed by atoms with Gasteiger partial charge >= 0.3 is 0 Å². The van der Waals surface area contributed by atoms with Gasteiger partial charge in [0.1, 0.15) is 79.7 Å². The summed E-state index contributed by atoms with van der Waals surface area (Å²) < 4.78 is 39.0. The van der Waals surface area contributed by atoms with Gasteiger partial charge in [-0.2, -0.15) is 0 Å². The lowest BCUT2D eigenvalue weighted by atomic mass is 9.90. The summed E-state index contributed by atoms with van der Waals surface area (Å²) in [6, 6.07) is 66.8. The number of aromatic amines is 4. The Morgan fingerprint density at radius 1 is 0.185 bits per heavy atom. The number of hydrogen-bond acceptors (Lipinski definition) is 18. The molecule has 16 bridgehead atoms. The van der Waals surface area contributed by atoms with Crippen LogP contribution in [0.3, 0.4) is 0 Å². The average Bonchev–Trinajstić information content (AvgIpc) is 1.44. The monoisotopic (exact) mass is 1720 g/mol. The highest BCUT2D eigenvalue weighted by atomic mass is 16.5. The van der Waals surface area contributed by atoms with E-state index in [1.54, 1.807) is 0 Å². The van der Waals surface area contributed by atoms with Gasteiger partial charge in [-0.25, -0.2) is 59.8 Å². The Balaban J connectivity index is 0.732. The summed E-state index contributed by atoms with van der Waals surface area (Å²) in [5, 5.41) is 10.6. The Morgan fingerprint density at radius 2 is 0.408 bits per heavy atom. The molecule has 21 rings (SSSR count). The largest absolute Gasteiger partial charge is 0.493 e. The van der Waals surface area contributed by atoms with Crippen molar-refractivity contribution < 1.29 is 28.4 Å². The van der Waals surface area contributed by atoms with E-state index in [2.05, 4.69) is 229 Å². The van der Waals surface area contributed by atoms with Gasteiger partial charge in [0.05, 0.1) is 39.6 Å². The second-order valence-corrected chi connectivity index (χ2v) is 42.0. The zero-order valence-corrected chi connectivity index (χ0v) is 76.5. The molecule has 0 spiro atoms. The standard InChI is InChI=1S/C108H102N16O6/c1-103(2,3)51-125-61-27-35-71-81(44-61)97-115-89(71)109-87-69-33-25-60(43-80(69)96(111-87)114-92-74-38-30-64(128-54-106(10,11)12)47-84(74)100(120-92)124-102-86-49-66(130-56-108(16,17)18)31-39-75(86)93(118-97)121-102)68-24-20-22-58-41-57-21-19-23-67(77(57)50-78(58)68)59-26-34-70-79(42-59)95-112-88(70)110-90-72-36-28-63(127-53-105(7,8)9)46-83(72)99(116-90)123-101-85-48-65(129-55-107(13,14)15)32-40-76(85)94(122-101)119-98-82-45-62(126-52-104(4,5)6)29-37-73(82)91(113-95)117-98/h19-50H,51-56H2,1-18H3,(H2,109,111,114,115,118,120,121,124)(H2,110,112,113,116,117,119,122,123). The first-order chi connectivity index (χ1) is 62.0. The van der Waals surface area contributed by atoms with E-state index in [1.165, 1.54) is 0 Å². The van der Waals surface area contributed by atoms with Gasteiger partial charge in [-0.15, -0.1) is 0 Å². The van der Waals surface area contributed by atoms with Crippen molar-refractivity contribution in [2.45, 2.75) is 125 Å². The highest BCUT2D eigenvalue weighted by Crippen LogP contribution is 2.47. The highest BCUT2D eigenvalue weighted by molar-refractivity contribution is 6.13. The van der Waals surface area contributed by atoms with E-state index in [4.69, 9.17) is 88.2 Å². The summed E-state index contributed by atoms with van der Waals surface area (Å²) in [6.07, 6.45) is 0. The number of H-pyrrole nitrogens is 4. The minimum Gasteiger partial charge on any atom is -0.493 e. The molecule has 4 aliphatic heterocycles. The van der Waals surface area contributed by atoms with Crippen LogP contribution in [0, 0.1) is 32.5 Å². The number of fused-ring (bicyclic) bond motifs is 42. The molecule has 11 aromatic carbocycles. The maximum atomic E-state index is 6.54. The molecule has 0 unspecified atom stereocenters. The topological polar surface area (TPSA) is 273 Å². The number of benzene rings is 11. The normalized spacial score (nSPS) is 12.9. The minimum absolute atomic E-state index is 0.0905. The number of ether oxygens (including phenoxy) is 6. The fourth-order valence-corrected chi connectivity index (χ4v) is 16.7. The molecule has 6 aromatic heterocycles. The molecular weight excluding hydrogens is 1620 g/mol. The molecule has 0 saturated heterocycles. The molecule has 17 aromatic rings. The molecular formula is C108H102N16O6. The average molecular weight is 1720 g/mol. The van der Waals surface area contributed by atoms with Crippen molar-refractivity contribution in [2.75, 3.05) is 39.6 Å². The predicted octanol–water partition coefficient (Wildman–Crippen LogP) is 26.2. The Kier molecular flexibility index (Phi) is 19.4. The van der Waals surface area contributed by atoms with Crippen LogP contribution < -0.4 is 28.4 Å². The van der Waals surface area contributed by atoms with Gasteiger partial charge in [-0.1, -0.05) is 173 Å². The number of hydrogen-bond donors (Lipinski definition) is 4. The van der Waals surface area contributed by atoms with Crippen LogP contribution in [0.5, 0.6) is 34.5 Å². The predicted molar refractivity (Wildman–Crippen MR) is 521 cm³/mol. The number of nitrogens with one attached hydrogen (secondary N) is 4. The first-order valence-electron chi connectivity index (χ1n) is 44.5. The third-order valence-corrected chi connectivity index (χ3v) is 23.0. The van der Waals surface area contributed by atoms with Crippen LogP contribution in [0.1, 0.15) is 125 Å². The second kappa shape index (κ2) is 30.6. The van der Waals surface area contributed by atoms with Gasteiger partial charge in [0, 0.05) is 87.6 Å². The summed E-state index contributed by atoms with van der Waals surface area (Å²) in [5.74, 6) is 7.84. The Morgan fingerprint density at radius 3 is 0.669 bits per heavy atom. The summed E-state index contributed by atoms with van der Waals surface area (Å²) >= 11 is 0. The first kappa shape index (κ1) is 82.4. The van der Waals surface area contributed by atoms with Crippen molar-refractivity contribution in [1.82, 2.24) is 79.7 Å². The van der Waals surface area contributed by atoms with Gasteiger partial charge in [0.15, 0.2) is 46.6 Å². The molecule has 0 radical (unpaired) electrons. The lowest BCUT2D eigenvalue weighted by Gasteiger charge is -2.19. The number of aromatic nitrogens is 16. The molecule has 22 nitrogen and oxygen atoms in total. The van der Waals surface area contributed by atoms with Crippen molar-refractivity contribution in [3.05, 3.63) is 194 Å². The molecule has 650 valence electrons. The summed E-state index contributed by atoms with van der Waals surface area (Å²) in [4.78, 5) is 80.1. The Labute approximate surface area is 752 Å². The van der Waals surface area contributed by atoms with Crippen molar-refractivity contribution >= 4 is 110 Å². The van der Waals surface area contributed by atoms with E-state index in [1.807, 2.05) is 109 Å². The van der Waals surface area contributed by atoms with Gasteiger partial charge < -0.3 is 48.4 Å². The van der Waals surface area contributed by atoms with Crippen LogP contribution in [0.4, 0.5) is 0 Å². The fourth-order valence-electron chi connectivity index (χ4n) is 16.7. The second-order valence-electron chi connectivity index (χ2n) is 42.0. The van der Waals surface area contributed by atoms with E-state index >= 15 is 0 Å². The van der Waals surface area contributed by atoms with Crippen LogP contribution >= 0.6 is 0 Å². The van der Waals surface area contributed by atoms with Crippen molar-refractivity contribution in [1.29, 1.82) is 0 Å². The third kappa shape index (κ3) is 16.2. The summed E-state index contributed by atoms with van der Waals surface area (Å²) in [6.45, 7) is 41.8. The quantitative estimate of drug-likeness (QED) is 0.0737. The Bertz CT molecular complexity index is 7980. The van der Waals surface area contributed by atoms with Gasteiger partial charge in [-0.3, -0.25) is 0 Å². The molecule has 0 saturated carbocycles. The van der Waals surface area contributed by atoms with E-state index < -0.39 is 0 Å². The van der Waals surface area contributed by atoms with Crippen molar-refractivity contribution in [3.63, 3.8) is 0 Å². The van der Waals surface area contributed by atoms with Crippen molar-refractivity contribution in [2.24, 2.45) is 32.5 Å². The molecule has 4 N–H and O–H groups in total. The van der Waals surface area contributed by atoms with Crippen molar-refractivity contribution in [3.8, 4) is 148 Å². The van der Waals surface area contributed by atoms with E-state index in [0.717, 1.165) is 131 Å². The van der Waals surface area contributed by atoms with Crippen LogP contribution in [0.25, 0.3) is 223 Å². The lowest BCUT2D eigenvalue weighted by Crippen LogP contribution is -2.16. The molecule has 130 heavy (non-hydrogen) atoms. The highest BCUT2D eigenvalue weighted by Gasteiger charge is 2.31. The van der Waals surface area contributed by atoms with Crippen LogP contribution in [0.15, 0.2) is 194 Å². The first-order valence-corrected chi connectivity index (χ1v) is 44.5. The molecule has 0 aliphatic carbocycles. The van der Waals surface area contributed by atoms with E-state index in [-0.39, 0.29) is 32.5 Å². The molecule has 0 amide bonds. The van der Waals surface area contributed by atoms with Gasteiger partial charge in [-0.05, 0) is 222 Å². The maximum Gasteiger partial charge on any atom is 0.164 e. The fraction of sp³-hybridized carbons (Fsp3) is 0.278. The molecule has 0 atom stereocenters. The zero-order valence-electron chi connectivity index (χ0n) is 76.5. The van der Waals surface area contributed by atoms with Gasteiger partial charge in [0.25, 0.3) is 0 Å². The summed E-state index contributed by atoms with van der Waals surface area (Å²) in [7, 11) is 0. The van der Waals surface area contributed by atoms with E-state index in [0.29, 0.717) is 166 Å². The Hall–Kier alpha value is -14.5. The van der Waals surface area contributed by atoms with Crippen LogP contribution in [0.2, 0.25) is 0 Å². The molecule has 10 heterocycles. The number of nitrogens with zero attached hydrogens (tertiary/aromatic N) is 12. The third-order valence-electron chi connectivity index (χ3n) is 23.0. The summed E-state index contributed by atoms with van der Waals surface area (Å²) in [5.41, 5.74) is 13.9. The molecule has 0 fully saturated rings. The van der Waals surface area contributed by atoms with Crippen LogP contribution in [-0.2, 0) is 0 Å². The smallest absolute Gasteiger partial charge is 0.164 e. The van der Waals surface area contributed by atoms with Gasteiger partial charge in [0.2, 0.25) is 0 Å². The number of rotatable bonds is 14. The zero-order chi connectivity index (χ0) is 90.0. The minimum atomic E-state index is -0.108. The van der Waals surface area contributed by atoms with E-state index in [9.17, 15) is 0 Å². The lowest BCUT2D eigenvalue weighted by molar-refractivity contribution is 0.198. The SMILES string of the molecule is CC(C)(C)COc1ccc2c(c1)-c1nc-2nc2[nH]c(nc3nc(nc4[nH]c(n1)c1cc(OCC(C)(C)C)ccc41)-c1ccc(-c4cccc5cc6cccc(-c7ccc8c(c7)-c7nc-8nc8[nH]c(nc9nc(nc%10[nH]c(n7)c7ccc(OCC(C)(C)C)cc%107)-c7cc(OCC(C)(C)C)ccc7-9)c7cc(OCC(C)(C)C)ccc87)c6cc45)cc1-3)c1ccc(OCC(C)(C)C)cc21.